The van der Waals surface area contributed by atoms with E-state index in [-0.39, 0.29) is 31.4 Å². The highest BCUT2D eigenvalue weighted by Gasteiger charge is 2.32. The number of carbonyl (C=O) groups excluding carboxylic acids is 2. The zero-order valence-corrected chi connectivity index (χ0v) is 18.9. The zero-order valence-electron chi connectivity index (χ0n) is 18.9. The van der Waals surface area contributed by atoms with Crippen LogP contribution < -0.4 is 5.32 Å². The van der Waals surface area contributed by atoms with Crippen LogP contribution in [0.4, 0.5) is 4.79 Å². The molecule has 32 heavy (non-hydrogen) atoms. The standard InChI is InChI=1S/C25H30N2O5/c1-16(23(30)27(25(2,3)4)14-13-22(28)29)26-24(31)32-15-21-19-11-7-5-9-17(19)18-10-6-8-12-20(18)21/h5-12,16,21H,13-15H2,1-4H3,(H,26,31)(H,28,29)/t16-/m1/s1. The Balaban J connectivity index is 1.63. The molecular weight excluding hydrogens is 408 g/mol. The van der Waals surface area contributed by atoms with Crippen LogP contribution in [0, 0.1) is 0 Å². The van der Waals surface area contributed by atoms with E-state index in [0.29, 0.717) is 0 Å². The topological polar surface area (TPSA) is 95.9 Å². The van der Waals surface area contributed by atoms with Gasteiger partial charge in [-0.15, -0.1) is 0 Å². The second-order valence-electron chi connectivity index (χ2n) is 9.00. The first-order valence-corrected chi connectivity index (χ1v) is 10.7. The molecule has 0 saturated heterocycles. The molecule has 2 N–H and O–H groups in total. The fourth-order valence-electron chi connectivity index (χ4n) is 4.10. The van der Waals surface area contributed by atoms with Crippen molar-refractivity contribution in [3.05, 3.63) is 59.7 Å². The summed E-state index contributed by atoms with van der Waals surface area (Å²) in [6.45, 7) is 7.27. The summed E-state index contributed by atoms with van der Waals surface area (Å²) in [4.78, 5) is 37.8. The monoisotopic (exact) mass is 438 g/mol. The Kier molecular flexibility index (Phi) is 6.87. The van der Waals surface area contributed by atoms with Crippen molar-refractivity contribution >= 4 is 18.0 Å². The third kappa shape index (κ3) is 5.10. The van der Waals surface area contributed by atoms with Gasteiger partial charge >= 0.3 is 12.1 Å². The molecular formula is C25H30N2O5. The molecule has 0 spiro atoms. The van der Waals surface area contributed by atoms with Gasteiger partial charge in [0.2, 0.25) is 5.91 Å². The molecule has 2 amide bonds. The second-order valence-corrected chi connectivity index (χ2v) is 9.00. The number of nitrogens with zero attached hydrogens (tertiary/aromatic N) is 1. The molecule has 7 heteroatoms. The number of hydrogen-bond acceptors (Lipinski definition) is 4. The van der Waals surface area contributed by atoms with Gasteiger partial charge in [0.1, 0.15) is 12.6 Å². The second kappa shape index (κ2) is 9.42. The zero-order chi connectivity index (χ0) is 23.5. The van der Waals surface area contributed by atoms with Crippen LogP contribution in [0.3, 0.4) is 0 Å². The molecule has 2 aromatic carbocycles. The van der Waals surface area contributed by atoms with E-state index in [1.165, 1.54) is 4.90 Å². The predicted molar refractivity (Wildman–Crippen MR) is 121 cm³/mol. The summed E-state index contributed by atoms with van der Waals surface area (Å²) < 4.78 is 5.51. The van der Waals surface area contributed by atoms with Crippen molar-refractivity contribution in [2.75, 3.05) is 13.2 Å². The maximum Gasteiger partial charge on any atom is 0.407 e. The lowest BCUT2D eigenvalue weighted by Crippen LogP contribution is -2.54. The Morgan fingerprint density at radius 1 is 1.03 bits per heavy atom. The number of ether oxygens (including phenoxy) is 1. The maximum atomic E-state index is 12.9. The minimum Gasteiger partial charge on any atom is -0.481 e. The van der Waals surface area contributed by atoms with Gasteiger partial charge in [-0.2, -0.15) is 0 Å². The van der Waals surface area contributed by atoms with Crippen LogP contribution in [0.5, 0.6) is 0 Å². The smallest absolute Gasteiger partial charge is 0.407 e. The average Bonchev–Trinajstić information content (AvgIpc) is 3.05. The highest BCUT2D eigenvalue weighted by Crippen LogP contribution is 2.44. The van der Waals surface area contributed by atoms with E-state index < -0.39 is 23.6 Å². The summed E-state index contributed by atoms with van der Waals surface area (Å²) in [7, 11) is 0. The van der Waals surface area contributed by atoms with Crippen molar-refractivity contribution in [1.82, 2.24) is 10.2 Å². The fourth-order valence-corrected chi connectivity index (χ4v) is 4.10. The normalized spacial score (nSPS) is 13.6. The highest BCUT2D eigenvalue weighted by atomic mass is 16.5. The van der Waals surface area contributed by atoms with Gasteiger partial charge in [0.25, 0.3) is 0 Å². The molecule has 170 valence electrons. The Bertz CT molecular complexity index is 966. The van der Waals surface area contributed by atoms with Crippen LogP contribution in [0.15, 0.2) is 48.5 Å². The lowest BCUT2D eigenvalue weighted by atomic mass is 9.98. The van der Waals surface area contributed by atoms with E-state index in [9.17, 15) is 14.4 Å². The van der Waals surface area contributed by atoms with E-state index in [1.807, 2.05) is 57.2 Å². The van der Waals surface area contributed by atoms with Gasteiger partial charge in [-0.3, -0.25) is 9.59 Å². The van der Waals surface area contributed by atoms with Gasteiger partial charge in [-0.05, 0) is 49.9 Å². The average molecular weight is 439 g/mol. The van der Waals surface area contributed by atoms with Crippen molar-refractivity contribution < 1.29 is 24.2 Å². The number of carbonyl (C=O) groups is 3. The number of benzene rings is 2. The van der Waals surface area contributed by atoms with Crippen molar-refractivity contribution in [3.63, 3.8) is 0 Å². The van der Waals surface area contributed by atoms with Gasteiger partial charge in [-0.25, -0.2) is 4.79 Å². The SMILES string of the molecule is C[C@@H](NC(=O)OCC1c2ccccc2-c2ccccc21)C(=O)N(CCC(=O)O)C(C)(C)C. The van der Waals surface area contributed by atoms with Crippen LogP contribution in [0.2, 0.25) is 0 Å². The molecule has 0 aromatic heterocycles. The third-order valence-corrected chi connectivity index (χ3v) is 5.67. The summed E-state index contributed by atoms with van der Waals surface area (Å²) >= 11 is 0. The van der Waals surface area contributed by atoms with Gasteiger partial charge in [-0.1, -0.05) is 48.5 Å². The molecule has 1 aliphatic carbocycles. The molecule has 2 aromatic rings. The molecule has 1 atom stereocenters. The molecule has 7 nitrogen and oxygen atoms in total. The minimum atomic E-state index is -0.982. The first-order chi connectivity index (χ1) is 15.1. The predicted octanol–water partition coefficient (Wildman–Crippen LogP) is 4.02. The molecule has 0 fully saturated rings. The van der Waals surface area contributed by atoms with E-state index in [1.54, 1.807) is 6.92 Å². The van der Waals surface area contributed by atoms with Crippen LogP contribution >= 0.6 is 0 Å². The maximum absolute atomic E-state index is 12.9. The number of hydrogen-bond donors (Lipinski definition) is 2. The molecule has 3 rings (SSSR count). The van der Waals surface area contributed by atoms with Gasteiger partial charge in [0.15, 0.2) is 0 Å². The number of alkyl carbamates (subject to hydrolysis) is 1. The number of rotatable bonds is 7. The summed E-state index contributed by atoms with van der Waals surface area (Å²) in [5, 5.41) is 11.6. The first kappa shape index (κ1) is 23.3. The lowest BCUT2D eigenvalue weighted by Gasteiger charge is -2.37. The Morgan fingerprint density at radius 2 is 1.56 bits per heavy atom. The van der Waals surface area contributed by atoms with Crippen LogP contribution in [-0.2, 0) is 14.3 Å². The van der Waals surface area contributed by atoms with Gasteiger partial charge < -0.3 is 20.1 Å². The molecule has 0 radical (unpaired) electrons. The molecule has 0 heterocycles. The van der Waals surface area contributed by atoms with E-state index >= 15 is 0 Å². The molecule has 0 unspecified atom stereocenters. The van der Waals surface area contributed by atoms with Crippen LogP contribution in [0.1, 0.15) is 51.2 Å². The Labute approximate surface area is 188 Å². The Morgan fingerprint density at radius 3 is 2.06 bits per heavy atom. The number of aliphatic carboxylic acids is 1. The summed E-state index contributed by atoms with van der Waals surface area (Å²) in [5.74, 6) is -1.41. The third-order valence-electron chi connectivity index (χ3n) is 5.67. The van der Waals surface area contributed by atoms with Crippen LogP contribution in [0.25, 0.3) is 11.1 Å². The van der Waals surface area contributed by atoms with E-state index in [2.05, 4.69) is 17.4 Å². The minimum absolute atomic E-state index is 0.0639. The quantitative estimate of drug-likeness (QED) is 0.681. The number of fused-ring (bicyclic) bond motifs is 3. The highest BCUT2D eigenvalue weighted by molar-refractivity contribution is 5.86. The molecule has 0 bridgehead atoms. The van der Waals surface area contributed by atoms with Gasteiger partial charge in [0, 0.05) is 18.0 Å². The summed E-state index contributed by atoms with van der Waals surface area (Å²) in [6, 6.07) is 15.3. The molecule has 1 aliphatic rings. The first-order valence-electron chi connectivity index (χ1n) is 10.7. The van der Waals surface area contributed by atoms with E-state index in [0.717, 1.165) is 22.3 Å². The van der Waals surface area contributed by atoms with E-state index in [4.69, 9.17) is 9.84 Å². The fraction of sp³-hybridized carbons (Fsp3) is 0.400. The molecule has 0 aliphatic heterocycles. The number of amides is 2. The van der Waals surface area contributed by atoms with Gasteiger partial charge in [0.05, 0.1) is 6.42 Å². The largest absolute Gasteiger partial charge is 0.481 e. The van der Waals surface area contributed by atoms with Crippen molar-refractivity contribution in [1.29, 1.82) is 0 Å². The number of carboxylic acid groups (broad SMARTS) is 1. The van der Waals surface area contributed by atoms with Crippen molar-refractivity contribution in [3.8, 4) is 11.1 Å². The summed E-state index contributed by atoms with van der Waals surface area (Å²) in [5.41, 5.74) is 3.92. The van der Waals surface area contributed by atoms with Crippen LogP contribution in [-0.4, -0.2) is 52.7 Å². The number of nitrogens with one attached hydrogen (secondary N) is 1. The summed E-state index contributed by atoms with van der Waals surface area (Å²) in [6.07, 6.45) is -0.847. The number of carboxylic acids is 1. The molecule has 0 saturated carbocycles. The lowest BCUT2D eigenvalue weighted by molar-refractivity contribution is -0.141. The van der Waals surface area contributed by atoms with Crippen molar-refractivity contribution in [2.45, 2.75) is 51.6 Å². The Hall–Kier alpha value is -3.35. The van der Waals surface area contributed by atoms with Crippen molar-refractivity contribution in [2.24, 2.45) is 0 Å².